The van der Waals surface area contributed by atoms with E-state index in [1.165, 1.54) is 0 Å². The van der Waals surface area contributed by atoms with Crippen LogP contribution in [-0.4, -0.2) is 30.6 Å². The third kappa shape index (κ3) is 2.43. The first-order chi connectivity index (χ1) is 8.24. The number of hydrogen-bond donors (Lipinski definition) is 1. The van der Waals surface area contributed by atoms with E-state index in [-0.39, 0.29) is 11.9 Å². The van der Waals surface area contributed by atoms with Crippen LogP contribution in [0.2, 0.25) is 0 Å². The molecule has 0 aliphatic carbocycles. The van der Waals surface area contributed by atoms with Crippen molar-refractivity contribution in [3.63, 3.8) is 0 Å². The molecule has 1 unspecified atom stereocenters. The number of carbonyl (C=O) groups excluding carboxylic acids is 1. The lowest BCUT2D eigenvalue weighted by Gasteiger charge is -2.21. The quantitative estimate of drug-likeness (QED) is 0.852. The number of rotatable bonds is 2. The van der Waals surface area contributed by atoms with E-state index in [9.17, 15) is 4.79 Å². The van der Waals surface area contributed by atoms with Crippen LogP contribution >= 0.6 is 11.8 Å². The molecule has 1 saturated heterocycles. The van der Waals surface area contributed by atoms with Crippen LogP contribution in [0.1, 0.15) is 5.56 Å². The number of para-hydroxylation sites is 1. The van der Waals surface area contributed by atoms with Gasteiger partial charge in [-0.3, -0.25) is 10.1 Å². The number of anilines is 1. The first-order valence-electron chi connectivity index (χ1n) is 5.32. The van der Waals surface area contributed by atoms with Crippen molar-refractivity contribution in [1.29, 1.82) is 5.26 Å². The second kappa shape index (κ2) is 5.21. The van der Waals surface area contributed by atoms with Crippen LogP contribution in [0.15, 0.2) is 24.3 Å². The largest absolute Gasteiger partial charge is 0.313 e. The van der Waals surface area contributed by atoms with E-state index in [4.69, 9.17) is 5.26 Å². The van der Waals surface area contributed by atoms with Crippen molar-refractivity contribution in [2.45, 2.75) is 6.04 Å². The normalized spacial score (nSPS) is 18.7. The van der Waals surface area contributed by atoms with Crippen LogP contribution in [0.5, 0.6) is 0 Å². The predicted molar refractivity (Wildman–Crippen MR) is 68.8 cm³/mol. The van der Waals surface area contributed by atoms with Crippen molar-refractivity contribution in [3.05, 3.63) is 29.8 Å². The maximum atomic E-state index is 12.2. The molecule has 17 heavy (non-hydrogen) atoms. The standard InChI is InChI=1S/C12H13N3OS/c1-15(12(16)10-7-17-8-14-10)11-5-3-2-4-9(11)6-13/h2-5,10,14H,7-8H2,1H3. The second-order valence-electron chi connectivity index (χ2n) is 3.80. The Hall–Kier alpha value is -1.51. The highest BCUT2D eigenvalue weighted by Gasteiger charge is 2.26. The Balaban J connectivity index is 2.21. The molecule has 88 valence electrons. The molecule has 0 bridgehead atoms. The van der Waals surface area contributed by atoms with E-state index in [1.54, 1.807) is 41.9 Å². The van der Waals surface area contributed by atoms with Gasteiger partial charge in [-0.1, -0.05) is 12.1 Å². The number of likely N-dealkylation sites (N-methyl/N-ethyl adjacent to an activating group) is 1. The van der Waals surface area contributed by atoms with Gasteiger partial charge in [0.1, 0.15) is 6.07 Å². The van der Waals surface area contributed by atoms with E-state index < -0.39 is 0 Å². The molecule has 0 radical (unpaired) electrons. The van der Waals surface area contributed by atoms with Gasteiger partial charge in [-0.15, -0.1) is 11.8 Å². The molecule has 1 fully saturated rings. The van der Waals surface area contributed by atoms with Crippen molar-refractivity contribution in [2.24, 2.45) is 0 Å². The Bertz CT molecular complexity index is 463. The summed E-state index contributed by atoms with van der Waals surface area (Å²) in [4.78, 5) is 13.7. The molecule has 0 spiro atoms. The predicted octanol–water partition coefficient (Wildman–Crippen LogP) is 1.18. The minimum absolute atomic E-state index is 0.0118. The van der Waals surface area contributed by atoms with Crippen molar-refractivity contribution in [3.8, 4) is 6.07 Å². The summed E-state index contributed by atoms with van der Waals surface area (Å²) in [6.45, 7) is 0. The average molecular weight is 247 g/mol. The molecule has 1 aliphatic heterocycles. The summed E-state index contributed by atoms with van der Waals surface area (Å²) in [5, 5.41) is 12.1. The number of amides is 1. The smallest absolute Gasteiger partial charge is 0.244 e. The molecule has 2 rings (SSSR count). The maximum Gasteiger partial charge on any atom is 0.244 e. The van der Waals surface area contributed by atoms with Gasteiger partial charge in [-0.2, -0.15) is 5.26 Å². The van der Waals surface area contributed by atoms with Gasteiger partial charge in [0.2, 0.25) is 5.91 Å². The third-order valence-electron chi connectivity index (χ3n) is 2.73. The van der Waals surface area contributed by atoms with Crippen LogP contribution in [0, 0.1) is 11.3 Å². The van der Waals surface area contributed by atoms with Crippen LogP contribution in [0.3, 0.4) is 0 Å². The Morgan fingerprint density at radius 1 is 1.59 bits per heavy atom. The number of hydrogen-bond acceptors (Lipinski definition) is 4. The average Bonchev–Trinajstić information content (AvgIpc) is 2.90. The molecule has 1 aromatic rings. The number of carbonyl (C=O) groups is 1. The Kier molecular flexibility index (Phi) is 3.67. The molecule has 1 aromatic carbocycles. The van der Waals surface area contributed by atoms with Gasteiger partial charge in [0.25, 0.3) is 0 Å². The van der Waals surface area contributed by atoms with Crippen molar-refractivity contribution in [2.75, 3.05) is 23.6 Å². The molecular weight excluding hydrogens is 234 g/mol. The van der Waals surface area contributed by atoms with Gasteiger partial charge in [0.05, 0.1) is 17.3 Å². The van der Waals surface area contributed by atoms with E-state index >= 15 is 0 Å². The van der Waals surface area contributed by atoms with E-state index in [1.807, 2.05) is 6.07 Å². The van der Waals surface area contributed by atoms with Gasteiger partial charge in [-0.05, 0) is 12.1 Å². The van der Waals surface area contributed by atoms with Crippen LogP contribution in [0.4, 0.5) is 5.69 Å². The lowest BCUT2D eigenvalue weighted by molar-refractivity contribution is -0.119. The summed E-state index contributed by atoms with van der Waals surface area (Å²) < 4.78 is 0. The lowest BCUT2D eigenvalue weighted by Crippen LogP contribution is -2.43. The van der Waals surface area contributed by atoms with Gasteiger partial charge >= 0.3 is 0 Å². The van der Waals surface area contributed by atoms with Gasteiger partial charge in [0, 0.05) is 18.7 Å². The summed E-state index contributed by atoms with van der Waals surface area (Å²) in [6, 6.07) is 9.09. The van der Waals surface area contributed by atoms with Crippen LogP contribution < -0.4 is 10.2 Å². The zero-order chi connectivity index (χ0) is 12.3. The molecule has 1 N–H and O–H groups in total. The minimum Gasteiger partial charge on any atom is -0.313 e. The molecule has 1 aliphatic rings. The Morgan fingerprint density at radius 2 is 2.35 bits per heavy atom. The maximum absolute atomic E-state index is 12.2. The molecule has 4 nitrogen and oxygen atoms in total. The fourth-order valence-corrected chi connectivity index (χ4v) is 2.70. The molecule has 0 aromatic heterocycles. The Labute approximate surface area is 105 Å². The topological polar surface area (TPSA) is 56.1 Å². The molecule has 0 saturated carbocycles. The number of nitrogens with one attached hydrogen (secondary N) is 1. The van der Waals surface area contributed by atoms with Gasteiger partial charge < -0.3 is 4.90 Å². The SMILES string of the molecule is CN(C(=O)C1CSCN1)c1ccccc1C#N. The zero-order valence-corrected chi connectivity index (χ0v) is 10.3. The monoisotopic (exact) mass is 247 g/mol. The van der Waals surface area contributed by atoms with Crippen molar-refractivity contribution >= 4 is 23.4 Å². The third-order valence-corrected chi connectivity index (χ3v) is 3.67. The van der Waals surface area contributed by atoms with Gasteiger partial charge in [0.15, 0.2) is 0 Å². The highest BCUT2D eigenvalue weighted by atomic mass is 32.2. The fraction of sp³-hybridized carbons (Fsp3) is 0.333. The molecule has 1 amide bonds. The zero-order valence-electron chi connectivity index (χ0n) is 9.51. The first-order valence-corrected chi connectivity index (χ1v) is 6.47. The van der Waals surface area contributed by atoms with E-state index in [2.05, 4.69) is 11.4 Å². The number of nitrogens with zero attached hydrogens (tertiary/aromatic N) is 2. The minimum atomic E-state index is -0.142. The van der Waals surface area contributed by atoms with Crippen LogP contribution in [0.25, 0.3) is 0 Å². The highest BCUT2D eigenvalue weighted by Crippen LogP contribution is 2.20. The first kappa shape index (κ1) is 12.0. The lowest BCUT2D eigenvalue weighted by atomic mass is 10.1. The second-order valence-corrected chi connectivity index (χ2v) is 4.83. The number of nitriles is 1. The van der Waals surface area contributed by atoms with Crippen molar-refractivity contribution < 1.29 is 4.79 Å². The Morgan fingerprint density at radius 3 is 3.00 bits per heavy atom. The van der Waals surface area contributed by atoms with Crippen LogP contribution in [-0.2, 0) is 4.79 Å². The summed E-state index contributed by atoms with van der Waals surface area (Å²) in [5.74, 6) is 1.61. The van der Waals surface area contributed by atoms with E-state index in [0.29, 0.717) is 11.3 Å². The highest BCUT2D eigenvalue weighted by molar-refractivity contribution is 7.99. The molecule has 1 atom stereocenters. The summed E-state index contributed by atoms with van der Waals surface area (Å²) >= 11 is 1.71. The van der Waals surface area contributed by atoms with Crippen molar-refractivity contribution in [1.82, 2.24) is 5.32 Å². The molecular formula is C12H13N3OS. The number of benzene rings is 1. The van der Waals surface area contributed by atoms with E-state index in [0.717, 1.165) is 11.6 Å². The summed E-state index contributed by atoms with van der Waals surface area (Å²) in [6.07, 6.45) is 0. The number of thioether (sulfide) groups is 1. The summed E-state index contributed by atoms with van der Waals surface area (Å²) in [7, 11) is 1.71. The summed E-state index contributed by atoms with van der Waals surface area (Å²) in [5.41, 5.74) is 1.19. The molecule has 5 heteroatoms. The fourth-order valence-electron chi connectivity index (χ4n) is 1.77. The van der Waals surface area contributed by atoms with Gasteiger partial charge in [-0.25, -0.2) is 0 Å². The molecule has 1 heterocycles.